The number of aromatic nitrogens is 6. The van der Waals surface area contributed by atoms with Crippen LogP contribution in [0.15, 0.2) is 135 Å². The fourth-order valence-corrected chi connectivity index (χ4v) is 11.3. The first kappa shape index (κ1) is 61.7. The Morgan fingerprint density at radius 1 is 0.429 bits per heavy atom. The number of hydrogen-bond acceptors (Lipinski definition) is 28. The minimum atomic E-state index is -5.54. The van der Waals surface area contributed by atoms with Crippen LogP contribution in [0.1, 0.15) is 11.1 Å². The lowest BCUT2D eigenvalue weighted by molar-refractivity contribution is 0.472. The van der Waals surface area contributed by atoms with Gasteiger partial charge in [0.15, 0.2) is 5.75 Å². The quantitative estimate of drug-likeness (QED) is 0.0222. The highest BCUT2D eigenvalue weighted by molar-refractivity contribution is 7.87. The van der Waals surface area contributed by atoms with Crippen molar-refractivity contribution in [1.82, 2.24) is 29.9 Å². The Kier molecular flexibility index (Phi) is 16.6. The molecule has 8 aromatic rings. The smallest absolute Gasteiger partial charge is 0.296 e. The third-order valence-corrected chi connectivity index (χ3v) is 16.6. The molecule has 0 saturated carbocycles. The molecule has 0 atom stereocenters. The van der Waals surface area contributed by atoms with Gasteiger partial charge in [-0.15, -0.1) is 20.5 Å². The number of nitrogens with two attached hydrogens (primary N) is 1. The Morgan fingerprint density at radius 3 is 1.27 bits per heavy atom. The summed E-state index contributed by atoms with van der Waals surface area (Å²) in [7, 11) is -30.8. The van der Waals surface area contributed by atoms with E-state index in [0.717, 1.165) is 60.7 Å². The number of halogens is 2. The summed E-state index contributed by atoms with van der Waals surface area (Å²) in [6, 6.07) is 13.5. The lowest BCUT2D eigenvalue weighted by atomic mass is 10.1. The highest BCUT2D eigenvalue weighted by Crippen LogP contribution is 2.49. The Balaban J connectivity index is 1.14. The molecule has 42 heteroatoms. The van der Waals surface area contributed by atoms with Gasteiger partial charge in [0, 0.05) is 22.7 Å². The van der Waals surface area contributed by atoms with Crippen molar-refractivity contribution >= 4 is 170 Å². The topological polar surface area (TPSA) is 547 Å². The lowest BCUT2D eigenvalue weighted by Crippen LogP contribution is -2.06. The second-order valence-corrected chi connectivity index (χ2v) is 26.0. The van der Waals surface area contributed by atoms with Gasteiger partial charge in [-0.2, -0.15) is 80.4 Å². The van der Waals surface area contributed by atoms with Gasteiger partial charge < -0.3 is 32.1 Å². The normalized spacial score (nSPS) is 12.7. The monoisotopic (exact) mass is 1310 g/mol. The van der Waals surface area contributed by atoms with Crippen LogP contribution in [0.25, 0.3) is 10.8 Å². The molecule has 0 aliphatic rings. The second-order valence-electron chi connectivity index (χ2n) is 16.9. The molecule has 6 aromatic carbocycles. The average molecular weight is 1320 g/mol. The van der Waals surface area contributed by atoms with Crippen molar-refractivity contribution in [3.05, 3.63) is 107 Å². The average Bonchev–Trinajstić information content (AvgIpc) is 1.07. The Bertz CT molecular complexity index is 4900. The first-order valence-electron chi connectivity index (χ1n) is 22.0. The number of rotatable bonds is 18. The number of anilines is 9. The molecular formula is C42H33Cl2N15O19S6. The van der Waals surface area contributed by atoms with Gasteiger partial charge in [0.2, 0.25) is 34.4 Å². The summed E-state index contributed by atoms with van der Waals surface area (Å²) in [5, 5.41) is 34.7. The minimum Gasteiger partial charge on any atom is -0.505 e. The molecule has 0 bridgehead atoms. The van der Waals surface area contributed by atoms with E-state index in [1.54, 1.807) is 6.92 Å². The number of hydrogen-bond donors (Lipinski definition) is 12. The summed E-state index contributed by atoms with van der Waals surface area (Å²) in [5.74, 6) is -2.60. The maximum atomic E-state index is 12.8. The van der Waals surface area contributed by atoms with Crippen LogP contribution in [0.2, 0.25) is 10.6 Å². The molecule has 34 nitrogen and oxygen atoms in total. The Morgan fingerprint density at radius 2 is 0.833 bits per heavy atom. The maximum Gasteiger partial charge on any atom is 0.296 e. The van der Waals surface area contributed by atoms with Gasteiger partial charge >= 0.3 is 0 Å². The zero-order valence-electron chi connectivity index (χ0n) is 41.4. The van der Waals surface area contributed by atoms with Crippen LogP contribution in [0.3, 0.4) is 0 Å². The molecule has 2 heterocycles. The predicted octanol–water partition coefficient (Wildman–Crippen LogP) is 7.71. The number of phenols is 1. The van der Waals surface area contributed by atoms with Crippen molar-refractivity contribution in [3.8, 4) is 5.75 Å². The Labute approximate surface area is 482 Å². The fourth-order valence-electron chi connectivity index (χ4n) is 7.33. The molecule has 84 heavy (non-hydrogen) atoms. The van der Waals surface area contributed by atoms with Crippen molar-refractivity contribution in [2.45, 2.75) is 43.2 Å². The van der Waals surface area contributed by atoms with Gasteiger partial charge in [0.05, 0.1) is 20.9 Å². The van der Waals surface area contributed by atoms with Gasteiger partial charge in [-0.1, -0.05) is 6.07 Å². The van der Waals surface area contributed by atoms with Gasteiger partial charge in [0.25, 0.3) is 60.7 Å². The van der Waals surface area contributed by atoms with Crippen molar-refractivity contribution < 1.29 is 82.9 Å². The number of nitrogen functional groups attached to an aromatic ring is 1. The molecule has 0 saturated heterocycles. The summed E-state index contributed by atoms with van der Waals surface area (Å²) in [6.07, 6.45) is 0. The molecule has 2 aromatic heterocycles. The van der Waals surface area contributed by atoms with Crippen LogP contribution >= 0.6 is 23.2 Å². The predicted molar refractivity (Wildman–Crippen MR) is 295 cm³/mol. The molecular weight excluding hydrogens is 1280 g/mol. The van der Waals surface area contributed by atoms with Gasteiger partial charge in [-0.3, -0.25) is 27.3 Å². The van der Waals surface area contributed by atoms with Crippen molar-refractivity contribution in [3.63, 3.8) is 0 Å². The van der Waals surface area contributed by atoms with E-state index in [1.807, 2.05) is 0 Å². The summed E-state index contributed by atoms with van der Waals surface area (Å²) < 4.78 is 209. The van der Waals surface area contributed by atoms with E-state index in [-0.39, 0.29) is 46.5 Å². The Hall–Kier alpha value is -8.36. The summed E-state index contributed by atoms with van der Waals surface area (Å²) >= 11 is 12.2. The van der Waals surface area contributed by atoms with Crippen LogP contribution in [0.5, 0.6) is 5.75 Å². The zero-order valence-corrected chi connectivity index (χ0v) is 47.8. The van der Waals surface area contributed by atoms with Crippen LogP contribution in [0.4, 0.5) is 75.0 Å². The van der Waals surface area contributed by atoms with Crippen LogP contribution < -0.4 is 27.0 Å². The number of aromatic hydroxyl groups is 1. The van der Waals surface area contributed by atoms with Crippen molar-refractivity contribution in [2.24, 2.45) is 20.5 Å². The molecule has 0 aliphatic carbocycles. The molecule has 440 valence electrons. The lowest BCUT2D eigenvalue weighted by Gasteiger charge is -2.14. The van der Waals surface area contributed by atoms with E-state index in [1.165, 1.54) is 19.1 Å². The van der Waals surface area contributed by atoms with E-state index in [2.05, 4.69) is 71.6 Å². The van der Waals surface area contributed by atoms with E-state index in [4.69, 9.17) is 28.9 Å². The minimum absolute atomic E-state index is 0.101. The highest BCUT2D eigenvalue weighted by Gasteiger charge is 2.29. The molecule has 0 unspecified atom stereocenters. The van der Waals surface area contributed by atoms with E-state index in [9.17, 15) is 82.9 Å². The first-order chi connectivity index (χ1) is 38.8. The first-order valence-corrected chi connectivity index (χ1v) is 31.4. The maximum absolute atomic E-state index is 12.8. The van der Waals surface area contributed by atoms with Gasteiger partial charge in [-0.25, -0.2) is 0 Å². The number of fused-ring (bicyclic) bond motifs is 1. The SMILES string of the molecule is Cc1cc(S(=O)(=O)O)ccc1Nc1nc(Cl)nc(Nc2ccc(N=Nc3c(S(=O)(=O)O)cc4cc(S(=O)(=O)O)c(N=Nc5ccc(Nc6nc(Cl)nc(Nc7cc(S(=O)(=O)O)ccc7C)n6)cc5S(=O)(=O)O)c(N)c4c3O)c(S(=O)(=O)O)c2)n1. The summed E-state index contributed by atoms with van der Waals surface area (Å²) in [6.45, 7) is 3.06. The highest BCUT2D eigenvalue weighted by atomic mass is 35.5. The van der Waals surface area contributed by atoms with Crippen LogP contribution in [0, 0.1) is 13.8 Å². The van der Waals surface area contributed by atoms with Crippen molar-refractivity contribution in [2.75, 3.05) is 27.0 Å². The van der Waals surface area contributed by atoms with Crippen LogP contribution in [-0.4, -0.2) is 113 Å². The molecule has 0 radical (unpaired) electrons. The number of phenolic OH excluding ortho intramolecular Hbond substituents is 1. The van der Waals surface area contributed by atoms with Crippen LogP contribution in [-0.2, 0) is 60.7 Å². The number of nitrogens with zero attached hydrogens (tertiary/aromatic N) is 10. The fraction of sp³-hybridized carbons (Fsp3) is 0.0476. The van der Waals surface area contributed by atoms with E-state index >= 15 is 0 Å². The zero-order chi connectivity index (χ0) is 61.8. The second kappa shape index (κ2) is 22.7. The van der Waals surface area contributed by atoms with E-state index in [0.29, 0.717) is 23.3 Å². The van der Waals surface area contributed by atoms with Gasteiger partial charge in [0.1, 0.15) is 42.3 Å². The number of azo groups is 2. The third-order valence-electron chi connectivity index (χ3n) is 11.1. The summed E-state index contributed by atoms with van der Waals surface area (Å²) in [5.41, 5.74) is 2.20. The molecule has 0 amide bonds. The van der Waals surface area contributed by atoms with Gasteiger partial charge in [-0.05, 0) is 132 Å². The standard InChI is InChI=1S/C42H33Cl2N15O19S6/c1-17-3-6-23(80(64,65)66)16-27(17)49-42-53-38(44)51-40(55-42)47-20-4-8-25(28(14-20)81(67,68)69)56-58-34-30(83(73,74)75)12-19-13-31(84(76,77)78)35(36(60)32(19)33(34)45)59-57-26-9-5-21(15-29(26)82(70,71)72)46-39-50-37(43)52-41(54-39)48-24-10-7-22(11-18(24)2)79(61,62)63/h3-16,60H,45H2,1-2H3,(H,61,62,63)(H,64,65,66)(H,67,68,69)(H,70,71,72)(H,73,74,75)(H,76,77,78)(H2,46,48,50,52,54)(H2,47,49,51,53,55). The number of nitrogens with one attached hydrogen (secondary N) is 4. The van der Waals surface area contributed by atoms with E-state index < -0.39 is 146 Å². The molecule has 8 rings (SSSR count). The third kappa shape index (κ3) is 14.2. The number of benzene rings is 6. The molecule has 0 spiro atoms. The molecule has 0 aliphatic heterocycles. The summed E-state index contributed by atoms with van der Waals surface area (Å²) in [4.78, 5) is 18.2. The number of aryl methyl sites for hydroxylation is 2. The van der Waals surface area contributed by atoms with Crippen molar-refractivity contribution in [1.29, 1.82) is 0 Å². The molecule has 13 N–H and O–H groups in total. The molecule has 0 fully saturated rings. The largest absolute Gasteiger partial charge is 0.505 e.